The molecule has 0 bridgehead atoms. The molecule has 4 nitrogen and oxygen atoms in total. The first-order valence-electron chi connectivity index (χ1n) is 4.95. The van der Waals surface area contributed by atoms with Crippen molar-refractivity contribution in [2.75, 3.05) is 12.3 Å². The van der Waals surface area contributed by atoms with Crippen molar-refractivity contribution in [3.8, 4) is 0 Å². The molecule has 0 saturated carbocycles. The van der Waals surface area contributed by atoms with Gasteiger partial charge in [0.05, 0.1) is 11.8 Å². The second-order valence-corrected chi connectivity index (χ2v) is 4.81. The second-order valence-electron chi connectivity index (χ2n) is 3.70. The van der Waals surface area contributed by atoms with Gasteiger partial charge in [-0.25, -0.2) is 4.98 Å². The van der Waals surface area contributed by atoms with Crippen LogP contribution >= 0.6 is 11.8 Å². The summed E-state index contributed by atoms with van der Waals surface area (Å²) < 4.78 is 0. The maximum absolute atomic E-state index is 9.66. The molecule has 0 fully saturated rings. The van der Waals surface area contributed by atoms with Crippen LogP contribution < -0.4 is 5.73 Å². The van der Waals surface area contributed by atoms with Gasteiger partial charge in [0.15, 0.2) is 0 Å². The lowest BCUT2D eigenvalue weighted by Crippen LogP contribution is -2.34. The van der Waals surface area contributed by atoms with Crippen LogP contribution in [0.4, 0.5) is 0 Å². The van der Waals surface area contributed by atoms with Crippen molar-refractivity contribution < 1.29 is 5.11 Å². The molecule has 84 valence electrons. The molecule has 1 rings (SSSR count). The molecular weight excluding hydrogens is 210 g/mol. The molecule has 0 saturated heterocycles. The Hall–Kier alpha value is -0.650. The lowest BCUT2D eigenvalue weighted by molar-refractivity contribution is 0.0596. The summed E-state index contributed by atoms with van der Waals surface area (Å²) >= 11 is 1.65. The van der Waals surface area contributed by atoms with Crippen LogP contribution in [0.2, 0.25) is 0 Å². The third-order valence-corrected chi connectivity index (χ3v) is 3.09. The van der Waals surface area contributed by atoms with Crippen molar-refractivity contribution in [2.24, 2.45) is 5.73 Å². The standard InChI is InChI=1S/C10H17N3OS/c1-10(14,8-11)3-2-6-15-9-7-12-4-5-13-9/h4-5,7,14H,2-3,6,8,11H2,1H3. The molecule has 15 heavy (non-hydrogen) atoms. The summed E-state index contributed by atoms with van der Waals surface area (Å²) in [7, 11) is 0. The summed E-state index contributed by atoms with van der Waals surface area (Å²) in [5, 5.41) is 10.6. The molecule has 0 aromatic carbocycles. The van der Waals surface area contributed by atoms with E-state index in [9.17, 15) is 5.11 Å². The van der Waals surface area contributed by atoms with Gasteiger partial charge in [-0.2, -0.15) is 0 Å². The monoisotopic (exact) mass is 227 g/mol. The summed E-state index contributed by atoms with van der Waals surface area (Å²) in [5.41, 5.74) is 4.69. The van der Waals surface area contributed by atoms with Crippen LogP contribution in [0, 0.1) is 0 Å². The fraction of sp³-hybridized carbons (Fsp3) is 0.600. The van der Waals surface area contributed by atoms with E-state index in [-0.39, 0.29) is 0 Å². The minimum Gasteiger partial charge on any atom is -0.389 e. The summed E-state index contributed by atoms with van der Waals surface area (Å²) in [4.78, 5) is 8.12. The summed E-state index contributed by atoms with van der Waals surface area (Å²) in [6.07, 6.45) is 6.72. The van der Waals surface area contributed by atoms with Gasteiger partial charge in [-0.3, -0.25) is 4.98 Å². The molecule has 0 aliphatic heterocycles. The number of aromatic nitrogens is 2. The van der Waals surface area contributed by atoms with Gasteiger partial charge >= 0.3 is 0 Å². The van der Waals surface area contributed by atoms with Crippen molar-refractivity contribution in [3.05, 3.63) is 18.6 Å². The highest BCUT2D eigenvalue weighted by atomic mass is 32.2. The van der Waals surface area contributed by atoms with Crippen molar-refractivity contribution >= 4 is 11.8 Å². The van der Waals surface area contributed by atoms with Gasteiger partial charge < -0.3 is 10.8 Å². The first kappa shape index (κ1) is 12.4. The fourth-order valence-electron chi connectivity index (χ4n) is 1.09. The van der Waals surface area contributed by atoms with Gasteiger partial charge in [0, 0.05) is 18.9 Å². The number of nitrogens with two attached hydrogens (primary N) is 1. The average molecular weight is 227 g/mol. The summed E-state index contributed by atoms with van der Waals surface area (Å²) in [5.74, 6) is 0.925. The number of rotatable bonds is 6. The summed E-state index contributed by atoms with van der Waals surface area (Å²) in [6, 6.07) is 0. The van der Waals surface area contributed by atoms with Crippen LogP contribution in [0.15, 0.2) is 23.6 Å². The molecule has 1 atom stereocenters. The molecule has 1 aromatic rings. The molecule has 1 aromatic heterocycles. The Labute approximate surface area is 94.3 Å². The first-order chi connectivity index (χ1) is 7.14. The zero-order chi connectivity index (χ0) is 11.1. The van der Waals surface area contributed by atoms with E-state index in [1.807, 2.05) is 0 Å². The van der Waals surface area contributed by atoms with Crippen LogP contribution in [0.5, 0.6) is 0 Å². The van der Waals surface area contributed by atoms with E-state index in [0.717, 1.165) is 23.6 Å². The number of hydrogen-bond acceptors (Lipinski definition) is 5. The van der Waals surface area contributed by atoms with Crippen molar-refractivity contribution in [1.82, 2.24) is 9.97 Å². The molecule has 3 N–H and O–H groups in total. The van der Waals surface area contributed by atoms with Crippen LogP contribution in [0.1, 0.15) is 19.8 Å². The van der Waals surface area contributed by atoms with E-state index in [2.05, 4.69) is 9.97 Å². The Kier molecular flexibility index (Phi) is 5.01. The van der Waals surface area contributed by atoms with E-state index >= 15 is 0 Å². The highest BCUT2D eigenvalue weighted by Crippen LogP contribution is 2.18. The van der Waals surface area contributed by atoms with Gasteiger partial charge in [0.25, 0.3) is 0 Å². The van der Waals surface area contributed by atoms with Crippen molar-refractivity contribution in [1.29, 1.82) is 0 Å². The molecule has 0 radical (unpaired) electrons. The molecule has 5 heteroatoms. The number of thioether (sulfide) groups is 1. The Morgan fingerprint density at radius 1 is 1.53 bits per heavy atom. The number of nitrogens with zero attached hydrogens (tertiary/aromatic N) is 2. The van der Waals surface area contributed by atoms with Gasteiger partial charge in [-0.15, -0.1) is 11.8 Å². The third-order valence-electron chi connectivity index (χ3n) is 2.09. The van der Waals surface area contributed by atoms with E-state index in [0.29, 0.717) is 6.54 Å². The van der Waals surface area contributed by atoms with Crippen LogP contribution in [0.25, 0.3) is 0 Å². The maximum atomic E-state index is 9.66. The smallest absolute Gasteiger partial charge is 0.114 e. The lowest BCUT2D eigenvalue weighted by atomic mass is 10.0. The molecule has 0 aliphatic carbocycles. The zero-order valence-electron chi connectivity index (χ0n) is 8.89. The average Bonchev–Trinajstić information content (AvgIpc) is 2.26. The van der Waals surface area contributed by atoms with Gasteiger partial charge in [0.1, 0.15) is 5.03 Å². The number of aliphatic hydroxyl groups is 1. The summed E-state index contributed by atoms with van der Waals surface area (Å²) in [6.45, 7) is 2.07. The van der Waals surface area contributed by atoms with Crippen molar-refractivity contribution in [2.45, 2.75) is 30.4 Å². The fourth-order valence-corrected chi connectivity index (χ4v) is 1.86. The molecule has 1 heterocycles. The second kappa shape index (κ2) is 6.05. The van der Waals surface area contributed by atoms with Crippen LogP contribution in [-0.2, 0) is 0 Å². The Bertz CT molecular complexity index is 279. The third kappa shape index (κ3) is 5.11. The molecule has 0 spiro atoms. The quantitative estimate of drug-likeness (QED) is 0.561. The van der Waals surface area contributed by atoms with E-state index in [4.69, 9.17) is 5.73 Å². The minimum atomic E-state index is -0.733. The maximum Gasteiger partial charge on any atom is 0.114 e. The van der Waals surface area contributed by atoms with E-state index < -0.39 is 5.60 Å². The normalized spacial score (nSPS) is 14.9. The lowest BCUT2D eigenvalue weighted by Gasteiger charge is -2.20. The van der Waals surface area contributed by atoms with Gasteiger partial charge in [-0.1, -0.05) is 0 Å². The largest absolute Gasteiger partial charge is 0.389 e. The van der Waals surface area contributed by atoms with Gasteiger partial charge in [0.2, 0.25) is 0 Å². The SMILES string of the molecule is CC(O)(CN)CCCSc1cnccn1. The molecule has 0 amide bonds. The number of hydrogen-bond donors (Lipinski definition) is 2. The van der Waals surface area contributed by atoms with Crippen molar-refractivity contribution in [3.63, 3.8) is 0 Å². The highest BCUT2D eigenvalue weighted by Gasteiger charge is 2.16. The topological polar surface area (TPSA) is 72.0 Å². The zero-order valence-corrected chi connectivity index (χ0v) is 9.70. The Morgan fingerprint density at radius 2 is 2.33 bits per heavy atom. The highest BCUT2D eigenvalue weighted by molar-refractivity contribution is 7.99. The Balaban J connectivity index is 2.18. The minimum absolute atomic E-state index is 0.308. The molecular formula is C10H17N3OS. The predicted octanol–water partition coefficient (Wildman–Crippen LogP) is 1.06. The van der Waals surface area contributed by atoms with Gasteiger partial charge in [-0.05, 0) is 25.5 Å². The van der Waals surface area contributed by atoms with Crippen LogP contribution in [0.3, 0.4) is 0 Å². The Morgan fingerprint density at radius 3 is 2.93 bits per heavy atom. The van der Waals surface area contributed by atoms with E-state index in [1.165, 1.54) is 0 Å². The first-order valence-corrected chi connectivity index (χ1v) is 5.94. The molecule has 0 aliphatic rings. The molecule has 1 unspecified atom stereocenters. The van der Waals surface area contributed by atoms with E-state index in [1.54, 1.807) is 37.3 Å². The van der Waals surface area contributed by atoms with Crippen LogP contribution in [-0.4, -0.2) is 33.0 Å². The predicted molar refractivity (Wildman–Crippen MR) is 61.7 cm³/mol.